The summed E-state index contributed by atoms with van der Waals surface area (Å²) < 4.78 is 0. The van der Waals surface area contributed by atoms with Crippen LogP contribution in [0.5, 0.6) is 0 Å². The third-order valence-electron chi connectivity index (χ3n) is 2.34. The monoisotopic (exact) mass is 221 g/mol. The van der Waals surface area contributed by atoms with Gasteiger partial charge in [-0.15, -0.1) is 6.58 Å². The highest BCUT2D eigenvalue weighted by Crippen LogP contribution is 2.14. The van der Waals surface area contributed by atoms with Crippen LogP contribution >= 0.6 is 0 Å². The number of anilines is 1. The summed E-state index contributed by atoms with van der Waals surface area (Å²) in [5.41, 5.74) is 6.75. The van der Waals surface area contributed by atoms with Crippen LogP contribution in [0.25, 0.3) is 0 Å². The van der Waals surface area contributed by atoms with Crippen LogP contribution in [0.2, 0.25) is 0 Å². The maximum absolute atomic E-state index is 8.94. The number of nitrogens with two attached hydrogens (primary N) is 1. The summed E-state index contributed by atoms with van der Waals surface area (Å²) in [5.74, 6) is 0.832. The van der Waals surface area contributed by atoms with E-state index >= 15 is 0 Å². The Morgan fingerprint density at radius 2 is 2.38 bits per heavy atom. The molecule has 3 N–H and O–H groups in total. The first-order valence-electron chi connectivity index (χ1n) is 5.37. The van der Waals surface area contributed by atoms with Crippen LogP contribution in [0.4, 0.5) is 5.82 Å². The van der Waals surface area contributed by atoms with E-state index in [-0.39, 0.29) is 12.6 Å². The number of hydrogen-bond donors (Lipinski definition) is 2. The Bertz CT molecular complexity index is 322. The molecule has 4 nitrogen and oxygen atoms in total. The van der Waals surface area contributed by atoms with Gasteiger partial charge in [0.2, 0.25) is 0 Å². The topological polar surface area (TPSA) is 62.4 Å². The van der Waals surface area contributed by atoms with Gasteiger partial charge in [0, 0.05) is 25.3 Å². The van der Waals surface area contributed by atoms with Crippen LogP contribution in [0.1, 0.15) is 18.5 Å². The third kappa shape index (κ3) is 3.32. The van der Waals surface area contributed by atoms with Crippen molar-refractivity contribution in [3.63, 3.8) is 0 Å². The average Bonchev–Trinajstić information content (AvgIpc) is 2.29. The predicted octanol–water partition coefficient (Wildman–Crippen LogP) is 1.09. The first kappa shape index (κ1) is 12.7. The van der Waals surface area contributed by atoms with Gasteiger partial charge >= 0.3 is 0 Å². The molecular weight excluding hydrogens is 202 g/mol. The molecule has 1 rings (SSSR count). The zero-order valence-electron chi connectivity index (χ0n) is 9.63. The van der Waals surface area contributed by atoms with Gasteiger partial charge in [-0.05, 0) is 18.6 Å². The van der Waals surface area contributed by atoms with E-state index in [1.165, 1.54) is 0 Å². The molecule has 1 aromatic rings. The van der Waals surface area contributed by atoms with Gasteiger partial charge in [-0.25, -0.2) is 4.98 Å². The molecule has 0 aliphatic carbocycles. The lowest BCUT2D eigenvalue weighted by molar-refractivity contribution is 0.302. The maximum atomic E-state index is 8.94. The van der Waals surface area contributed by atoms with Crippen molar-refractivity contribution >= 4 is 5.82 Å². The van der Waals surface area contributed by atoms with E-state index < -0.39 is 0 Å². The second kappa shape index (κ2) is 6.25. The molecule has 0 unspecified atom stereocenters. The summed E-state index contributed by atoms with van der Waals surface area (Å²) >= 11 is 0. The molecule has 0 aromatic carbocycles. The first-order chi connectivity index (χ1) is 7.69. The van der Waals surface area contributed by atoms with Gasteiger partial charge in [0.1, 0.15) is 5.82 Å². The molecule has 0 saturated carbocycles. The smallest absolute Gasteiger partial charge is 0.128 e. The third-order valence-corrected chi connectivity index (χ3v) is 2.34. The van der Waals surface area contributed by atoms with Gasteiger partial charge in [0.15, 0.2) is 0 Å². The average molecular weight is 221 g/mol. The van der Waals surface area contributed by atoms with Gasteiger partial charge in [0.25, 0.3) is 0 Å². The lowest BCUT2D eigenvalue weighted by atomic mass is 10.1. The van der Waals surface area contributed by atoms with Crippen molar-refractivity contribution in [2.45, 2.75) is 13.0 Å². The summed E-state index contributed by atoms with van der Waals surface area (Å²) in [5, 5.41) is 8.94. The minimum atomic E-state index is -0.00718. The Morgan fingerprint density at radius 1 is 1.62 bits per heavy atom. The van der Waals surface area contributed by atoms with Crippen LogP contribution in [0.3, 0.4) is 0 Å². The predicted molar refractivity (Wildman–Crippen MR) is 66.3 cm³/mol. The molecule has 0 bridgehead atoms. The summed E-state index contributed by atoms with van der Waals surface area (Å²) in [4.78, 5) is 6.28. The quantitative estimate of drug-likeness (QED) is 0.706. The summed E-state index contributed by atoms with van der Waals surface area (Å²) in [6.07, 6.45) is 3.56. The van der Waals surface area contributed by atoms with Crippen molar-refractivity contribution in [1.29, 1.82) is 0 Å². The first-order valence-corrected chi connectivity index (χ1v) is 5.37. The van der Waals surface area contributed by atoms with Gasteiger partial charge in [-0.2, -0.15) is 0 Å². The second-order valence-corrected chi connectivity index (χ2v) is 3.70. The molecule has 0 saturated heterocycles. The number of pyridine rings is 1. The van der Waals surface area contributed by atoms with Crippen molar-refractivity contribution in [3.8, 4) is 0 Å². The molecule has 16 heavy (non-hydrogen) atoms. The van der Waals surface area contributed by atoms with Crippen LogP contribution < -0.4 is 10.6 Å². The minimum Gasteiger partial charge on any atom is -0.395 e. The molecule has 4 heteroatoms. The van der Waals surface area contributed by atoms with E-state index in [9.17, 15) is 0 Å². The van der Waals surface area contributed by atoms with Gasteiger partial charge in [0.05, 0.1) is 6.61 Å². The van der Waals surface area contributed by atoms with E-state index in [1.807, 2.05) is 24.0 Å². The summed E-state index contributed by atoms with van der Waals surface area (Å²) in [6, 6.07) is 3.87. The Labute approximate surface area is 96.4 Å². The normalized spacial score (nSPS) is 12.2. The Morgan fingerprint density at radius 3 is 2.81 bits per heavy atom. The molecule has 1 aromatic heterocycles. The fraction of sp³-hybridized carbons (Fsp3) is 0.417. The standard InChI is InChI=1S/C12H19N3O/c1-3-6-15(7-8-16)12-5-4-11(9-14-12)10(2)13/h3-5,9-10,16H,1,6-8,13H2,2H3/t10-/m1/s1. The van der Waals surface area contributed by atoms with Gasteiger partial charge in [-0.3, -0.25) is 0 Å². The Kier molecular flexibility index (Phi) is 4.95. The Hall–Kier alpha value is -1.39. The SMILES string of the molecule is C=CCN(CCO)c1ccc([C@@H](C)N)cn1. The zero-order valence-corrected chi connectivity index (χ0v) is 9.63. The van der Waals surface area contributed by atoms with E-state index in [0.717, 1.165) is 11.4 Å². The number of aliphatic hydroxyl groups excluding tert-OH is 1. The van der Waals surface area contributed by atoms with E-state index in [0.29, 0.717) is 13.1 Å². The molecule has 0 fully saturated rings. The van der Waals surface area contributed by atoms with Crippen LogP contribution in [-0.4, -0.2) is 29.8 Å². The molecule has 0 radical (unpaired) electrons. The highest BCUT2D eigenvalue weighted by Gasteiger charge is 2.06. The van der Waals surface area contributed by atoms with Crippen molar-refractivity contribution < 1.29 is 5.11 Å². The lowest BCUT2D eigenvalue weighted by Gasteiger charge is -2.21. The van der Waals surface area contributed by atoms with Crippen molar-refractivity contribution in [2.24, 2.45) is 5.73 Å². The van der Waals surface area contributed by atoms with Gasteiger partial charge < -0.3 is 15.7 Å². The fourth-order valence-electron chi connectivity index (χ4n) is 1.43. The van der Waals surface area contributed by atoms with E-state index in [4.69, 9.17) is 10.8 Å². The second-order valence-electron chi connectivity index (χ2n) is 3.70. The fourth-order valence-corrected chi connectivity index (χ4v) is 1.43. The molecule has 1 atom stereocenters. The largest absolute Gasteiger partial charge is 0.395 e. The summed E-state index contributed by atoms with van der Waals surface area (Å²) in [6.45, 7) is 6.93. The number of rotatable bonds is 6. The highest BCUT2D eigenvalue weighted by molar-refractivity contribution is 5.40. The lowest BCUT2D eigenvalue weighted by Crippen LogP contribution is -2.27. The van der Waals surface area contributed by atoms with E-state index in [1.54, 1.807) is 12.3 Å². The maximum Gasteiger partial charge on any atom is 0.128 e. The number of aliphatic hydroxyl groups is 1. The molecule has 0 amide bonds. The Balaban J connectivity index is 2.80. The number of hydrogen-bond acceptors (Lipinski definition) is 4. The van der Waals surface area contributed by atoms with Crippen molar-refractivity contribution in [2.75, 3.05) is 24.6 Å². The highest BCUT2D eigenvalue weighted by atomic mass is 16.3. The molecule has 1 heterocycles. The minimum absolute atomic E-state index is 0.00718. The number of aromatic nitrogens is 1. The van der Waals surface area contributed by atoms with Crippen molar-refractivity contribution in [3.05, 3.63) is 36.5 Å². The van der Waals surface area contributed by atoms with Gasteiger partial charge in [-0.1, -0.05) is 12.1 Å². The zero-order chi connectivity index (χ0) is 12.0. The molecule has 0 aliphatic rings. The molecule has 0 spiro atoms. The van der Waals surface area contributed by atoms with E-state index in [2.05, 4.69) is 11.6 Å². The molecule has 88 valence electrons. The number of nitrogens with zero attached hydrogens (tertiary/aromatic N) is 2. The van der Waals surface area contributed by atoms with Crippen LogP contribution in [-0.2, 0) is 0 Å². The van der Waals surface area contributed by atoms with Crippen molar-refractivity contribution in [1.82, 2.24) is 4.98 Å². The molecular formula is C12H19N3O. The summed E-state index contributed by atoms with van der Waals surface area (Å²) in [7, 11) is 0. The molecule has 0 aliphatic heterocycles. The van der Waals surface area contributed by atoms with Crippen LogP contribution in [0, 0.1) is 0 Å². The van der Waals surface area contributed by atoms with Crippen LogP contribution in [0.15, 0.2) is 31.0 Å².